The van der Waals surface area contributed by atoms with Gasteiger partial charge in [-0.3, -0.25) is 0 Å². The molecule has 0 amide bonds. The SMILES string of the molecule is CCc1cc(=O)oc2cc(OC(=O)c3ccc(C)cc3)ccc12. The number of hydrogen-bond donors (Lipinski definition) is 0. The molecule has 0 unspecified atom stereocenters. The molecule has 0 saturated heterocycles. The van der Waals surface area contributed by atoms with Gasteiger partial charge in [0.2, 0.25) is 0 Å². The van der Waals surface area contributed by atoms with E-state index in [0.29, 0.717) is 16.9 Å². The number of esters is 1. The molecule has 0 aliphatic rings. The molecule has 0 aliphatic heterocycles. The maximum Gasteiger partial charge on any atom is 0.343 e. The molecule has 0 fully saturated rings. The van der Waals surface area contributed by atoms with Crippen molar-refractivity contribution < 1.29 is 13.9 Å². The average Bonchev–Trinajstić information content (AvgIpc) is 2.54. The number of rotatable bonds is 3. The van der Waals surface area contributed by atoms with Crippen LogP contribution in [0.5, 0.6) is 5.75 Å². The molecule has 0 atom stereocenters. The molecule has 116 valence electrons. The Balaban J connectivity index is 1.93. The summed E-state index contributed by atoms with van der Waals surface area (Å²) < 4.78 is 10.6. The molecule has 1 heterocycles. The van der Waals surface area contributed by atoms with Gasteiger partial charge in [-0.15, -0.1) is 0 Å². The zero-order valence-electron chi connectivity index (χ0n) is 13.0. The van der Waals surface area contributed by atoms with Crippen LogP contribution in [0, 0.1) is 6.92 Å². The van der Waals surface area contributed by atoms with E-state index in [1.807, 2.05) is 26.0 Å². The molecule has 1 aromatic heterocycles. The molecular formula is C19H16O4. The molecule has 0 bridgehead atoms. The smallest absolute Gasteiger partial charge is 0.343 e. The topological polar surface area (TPSA) is 56.5 Å². The molecule has 4 heteroatoms. The Hall–Kier alpha value is -2.88. The van der Waals surface area contributed by atoms with Crippen LogP contribution in [0.2, 0.25) is 0 Å². The first-order valence-corrected chi connectivity index (χ1v) is 7.42. The minimum Gasteiger partial charge on any atom is -0.423 e. The standard InChI is InChI=1S/C19H16O4/c1-3-13-10-18(20)23-17-11-15(8-9-16(13)17)22-19(21)14-6-4-12(2)5-7-14/h4-11H,3H2,1-2H3. The van der Waals surface area contributed by atoms with Crippen molar-refractivity contribution in [1.29, 1.82) is 0 Å². The Morgan fingerprint density at radius 1 is 1.09 bits per heavy atom. The molecule has 0 saturated carbocycles. The van der Waals surface area contributed by atoms with E-state index >= 15 is 0 Å². The van der Waals surface area contributed by atoms with Gasteiger partial charge in [-0.05, 0) is 43.2 Å². The molecule has 2 aromatic carbocycles. The minimum absolute atomic E-state index is 0.347. The molecule has 0 N–H and O–H groups in total. The second-order valence-electron chi connectivity index (χ2n) is 5.36. The van der Waals surface area contributed by atoms with Crippen molar-refractivity contribution in [2.45, 2.75) is 20.3 Å². The van der Waals surface area contributed by atoms with E-state index in [1.54, 1.807) is 30.3 Å². The summed E-state index contributed by atoms with van der Waals surface area (Å²) in [7, 11) is 0. The van der Waals surface area contributed by atoms with Crippen molar-refractivity contribution in [2.75, 3.05) is 0 Å². The zero-order chi connectivity index (χ0) is 16.4. The lowest BCUT2D eigenvalue weighted by Gasteiger charge is -2.07. The lowest BCUT2D eigenvalue weighted by Crippen LogP contribution is -2.08. The van der Waals surface area contributed by atoms with E-state index in [9.17, 15) is 9.59 Å². The molecule has 0 aliphatic carbocycles. The van der Waals surface area contributed by atoms with Crippen LogP contribution >= 0.6 is 0 Å². The van der Waals surface area contributed by atoms with Gasteiger partial charge in [-0.2, -0.15) is 0 Å². The number of aryl methyl sites for hydroxylation is 2. The summed E-state index contributed by atoms with van der Waals surface area (Å²) in [6.45, 7) is 3.92. The summed E-state index contributed by atoms with van der Waals surface area (Å²) in [6.07, 6.45) is 0.727. The van der Waals surface area contributed by atoms with E-state index in [2.05, 4.69) is 0 Å². The second kappa shape index (κ2) is 6.08. The van der Waals surface area contributed by atoms with Gasteiger partial charge >= 0.3 is 11.6 Å². The fourth-order valence-electron chi connectivity index (χ4n) is 2.42. The Bertz CT molecular complexity index is 920. The summed E-state index contributed by atoms with van der Waals surface area (Å²) in [4.78, 5) is 23.7. The monoisotopic (exact) mass is 308 g/mol. The average molecular weight is 308 g/mol. The van der Waals surface area contributed by atoms with E-state index in [4.69, 9.17) is 9.15 Å². The molecule has 3 aromatic rings. The summed E-state index contributed by atoms with van der Waals surface area (Å²) >= 11 is 0. The van der Waals surface area contributed by atoms with Crippen LogP contribution in [0.3, 0.4) is 0 Å². The van der Waals surface area contributed by atoms with Gasteiger partial charge in [0.15, 0.2) is 0 Å². The fraction of sp³-hybridized carbons (Fsp3) is 0.158. The Morgan fingerprint density at radius 2 is 1.83 bits per heavy atom. The van der Waals surface area contributed by atoms with Crippen molar-refractivity contribution >= 4 is 16.9 Å². The van der Waals surface area contributed by atoms with Gasteiger partial charge in [0, 0.05) is 17.5 Å². The Kier molecular flexibility index (Phi) is 3.98. The van der Waals surface area contributed by atoms with E-state index < -0.39 is 11.6 Å². The summed E-state index contributed by atoms with van der Waals surface area (Å²) in [6, 6.07) is 13.7. The lowest BCUT2D eigenvalue weighted by molar-refractivity contribution is 0.0735. The van der Waals surface area contributed by atoms with Crippen LogP contribution in [0.15, 0.2) is 57.7 Å². The van der Waals surface area contributed by atoms with Gasteiger partial charge in [-0.1, -0.05) is 24.6 Å². The van der Waals surface area contributed by atoms with Gasteiger partial charge in [0.1, 0.15) is 11.3 Å². The lowest BCUT2D eigenvalue weighted by atomic mass is 10.1. The largest absolute Gasteiger partial charge is 0.423 e. The number of carbonyl (C=O) groups is 1. The van der Waals surface area contributed by atoms with E-state index in [-0.39, 0.29) is 0 Å². The number of fused-ring (bicyclic) bond motifs is 1. The highest BCUT2D eigenvalue weighted by atomic mass is 16.5. The highest BCUT2D eigenvalue weighted by Crippen LogP contribution is 2.23. The molecule has 3 rings (SSSR count). The highest BCUT2D eigenvalue weighted by molar-refractivity contribution is 5.91. The number of carbonyl (C=O) groups excluding carboxylic acids is 1. The van der Waals surface area contributed by atoms with Crippen LogP contribution in [0.1, 0.15) is 28.4 Å². The van der Waals surface area contributed by atoms with Gasteiger partial charge in [-0.25, -0.2) is 9.59 Å². The molecular weight excluding hydrogens is 292 g/mol. The minimum atomic E-state index is -0.446. The van der Waals surface area contributed by atoms with Crippen LogP contribution in [-0.2, 0) is 6.42 Å². The van der Waals surface area contributed by atoms with E-state index in [0.717, 1.165) is 22.9 Å². The first kappa shape index (κ1) is 15.0. The van der Waals surface area contributed by atoms with Crippen molar-refractivity contribution in [1.82, 2.24) is 0 Å². The van der Waals surface area contributed by atoms with Crippen LogP contribution < -0.4 is 10.4 Å². The summed E-state index contributed by atoms with van der Waals surface area (Å²) in [5.41, 5.74) is 2.47. The van der Waals surface area contributed by atoms with Crippen LogP contribution in [0.4, 0.5) is 0 Å². The zero-order valence-corrected chi connectivity index (χ0v) is 13.0. The number of benzene rings is 2. The van der Waals surface area contributed by atoms with Gasteiger partial charge in [0.05, 0.1) is 5.56 Å². The number of hydrogen-bond acceptors (Lipinski definition) is 4. The highest BCUT2D eigenvalue weighted by Gasteiger charge is 2.10. The predicted octanol–water partition coefficient (Wildman–Crippen LogP) is 3.88. The third-order valence-corrected chi connectivity index (χ3v) is 3.68. The third-order valence-electron chi connectivity index (χ3n) is 3.68. The summed E-state index contributed by atoms with van der Waals surface area (Å²) in [5.74, 6) is -0.0992. The van der Waals surface area contributed by atoms with Gasteiger partial charge in [0.25, 0.3) is 0 Å². The summed E-state index contributed by atoms with van der Waals surface area (Å²) in [5, 5.41) is 0.849. The number of ether oxygens (including phenoxy) is 1. The van der Waals surface area contributed by atoms with Crippen LogP contribution in [0.25, 0.3) is 11.0 Å². The van der Waals surface area contributed by atoms with E-state index in [1.165, 1.54) is 6.07 Å². The normalized spacial score (nSPS) is 10.7. The molecule has 23 heavy (non-hydrogen) atoms. The van der Waals surface area contributed by atoms with Crippen LogP contribution in [-0.4, -0.2) is 5.97 Å². The Morgan fingerprint density at radius 3 is 2.52 bits per heavy atom. The third kappa shape index (κ3) is 3.16. The first-order chi connectivity index (χ1) is 11.1. The van der Waals surface area contributed by atoms with Gasteiger partial charge < -0.3 is 9.15 Å². The fourth-order valence-corrected chi connectivity index (χ4v) is 2.42. The molecule has 0 radical (unpaired) electrons. The first-order valence-electron chi connectivity index (χ1n) is 7.42. The quantitative estimate of drug-likeness (QED) is 0.418. The van der Waals surface area contributed by atoms with Crippen molar-refractivity contribution in [3.8, 4) is 5.75 Å². The molecule has 4 nitrogen and oxygen atoms in total. The predicted molar refractivity (Wildman–Crippen MR) is 88.0 cm³/mol. The van der Waals surface area contributed by atoms with Crippen molar-refractivity contribution in [3.05, 3.63) is 75.6 Å². The maximum atomic E-state index is 12.1. The Labute approximate surface area is 133 Å². The van der Waals surface area contributed by atoms with Crippen molar-refractivity contribution in [2.24, 2.45) is 0 Å². The maximum absolute atomic E-state index is 12.1. The second-order valence-corrected chi connectivity index (χ2v) is 5.36. The van der Waals surface area contributed by atoms with Crippen molar-refractivity contribution in [3.63, 3.8) is 0 Å². The molecule has 0 spiro atoms.